The number of hydrogen-bond donors (Lipinski definition) is 0. The monoisotopic (exact) mass is 255 g/mol. The van der Waals surface area contributed by atoms with E-state index in [2.05, 4.69) is 16.6 Å². The molecule has 0 bridgehead atoms. The number of methoxy groups -OCH3 is 1. The Bertz CT molecular complexity index is 373. The maximum absolute atomic E-state index is 11.5. The SMILES string of the molecule is CCCOCCc1nc(CCC)c(C(=O)OC)o1. The number of ether oxygens (including phenoxy) is 2. The van der Waals surface area contributed by atoms with Crippen molar-refractivity contribution in [1.82, 2.24) is 4.98 Å². The van der Waals surface area contributed by atoms with Crippen LogP contribution in [0.15, 0.2) is 4.42 Å². The maximum Gasteiger partial charge on any atom is 0.375 e. The van der Waals surface area contributed by atoms with Crippen LogP contribution >= 0.6 is 0 Å². The summed E-state index contributed by atoms with van der Waals surface area (Å²) in [6.07, 6.45) is 3.18. The van der Waals surface area contributed by atoms with Gasteiger partial charge in [-0.15, -0.1) is 0 Å². The molecule has 0 aliphatic carbocycles. The van der Waals surface area contributed by atoms with Gasteiger partial charge in [-0.1, -0.05) is 20.3 Å². The van der Waals surface area contributed by atoms with Crippen molar-refractivity contribution in [2.45, 2.75) is 39.5 Å². The molecule has 1 aromatic rings. The molecular formula is C13H21NO4. The quantitative estimate of drug-likeness (QED) is 0.527. The normalized spacial score (nSPS) is 10.6. The minimum absolute atomic E-state index is 0.227. The summed E-state index contributed by atoms with van der Waals surface area (Å²) in [4.78, 5) is 15.8. The summed E-state index contributed by atoms with van der Waals surface area (Å²) >= 11 is 0. The molecule has 1 heterocycles. The molecule has 0 amide bonds. The molecule has 1 rings (SSSR count). The van der Waals surface area contributed by atoms with Crippen molar-refractivity contribution >= 4 is 5.97 Å². The average molecular weight is 255 g/mol. The fourth-order valence-electron chi connectivity index (χ4n) is 1.57. The summed E-state index contributed by atoms with van der Waals surface area (Å²) in [5, 5.41) is 0. The van der Waals surface area contributed by atoms with Gasteiger partial charge in [0.1, 0.15) is 0 Å². The Hall–Kier alpha value is -1.36. The highest BCUT2D eigenvalue weighted by Gasteiger charge is 2.19. The molecule has 5 heteroatoms. The van der Waals surface area contributed by atoms with Crippen molar-refractivity contribution in [3.05, 3.63) is 17.3 Å². The van der Waals surface area contributed by atoms with Crippen molar-refractivity contribution in [2.75, 3.05) is 20.3 Å². The second-order valence-electron chi connectivity index (χ2n) is 3.99. The van der Waals surface area contributed by atoms with Gasteiger partial charge in [-0.2, -0.15) is 0 Å². The molecule has 0 spiro atoms. The fourth-order valence-corrected chi connectivity index (χ4v) is 1.57. The van der Waals surface area contributed by atoms with Gasteiger partial charge >= 0.3 is 5.97 Å². The van der Waals surface area contributed by atoms with Crippen LogP contribution in [0.1, 0.15) is 48.8 Å². The highest BCUT2D eigenvalue weighted by Crippen LogP contribution is 2.15. The van der Waals surface area contributed by atoms with Gasteiger partial charge in [0.2, 0.25) is 5.76 Å². The number of carbonyl (C=O) groups excluding carboxylic acids is 1. The van der Waals surface area contributed by atoms with Gasteiger partial charge in [-0.05, 0) is 12.8 Å². The fraction of sp³-hybridized carbons (Fsp3) is 0.692. The first-order chi connectivity index (χ1) is 8.72. The first-order valence-electron chi connectivity index (χ1n) is 6.37. The van der Waals surface area contributed by atoms with Crippen molar-refractivity contribution in [3.63, 3.8) is 0 Å². The van der Waals surface area contributed by atoms with Crippen LogP contribution in [0.5, 0.6) is 0 Å². The highest BCUT2D eigenvalue weighted by atomic mass is 16.5. The number of aromatic nitrogens is 1. The largest absolute Gasteiger partial charge is 0.463 e. The van der Waals surface area contributed by atoms with Gasteiger partial charge in [0.25, 0.3) is 0 Å². The predicted octanol–water partition coefficient (Wildman–Crippen LogP) is 2.38. The minimum atomic E-state index is -0.466. The lowest BCUT2D eigenvalue weighted by molar-refractivity contribution is 0.0559. The molecule has 0 N–H and O–H groups in total. The summed E-state index contributed by atoms with van der Waals surface area (Å²) in [7, 11) is 1.34. The summed E-state index contributed by atoms with van der Waals surface area (Å²) < 4.78 is 15.5. The third-order valence-corrected chi connectivity index (χ3v) is 2.41. The summed E-state index contributed by atoms with van der Waals surface area (Å²) in [5.74, 6) is 0.298. The summed E-state index contributed by atoms with van der Waals surface area (Å²) in [5.41, 5.74) is 0.676. The van der Waals surface area contributed by atoms with Crippen LogP contribution in [0, 0.1) is 0 Å². The Balaban J connectivity index is 2.66. The molecule has 1 aromatic heterocycles. The van der Waals surface area contributed by atoms with E-state index in [1.165, 1.54) is 7.11 Å². The van der Waals surface area contributed by atoms with Crippen molar-refractivity contribution in [2.24, 2.45) is 0 Å². The van der Waals surface area contributed by atoms with Crippen LogP contribution in [0.2, 0.25) is 0 Å². The van der Waals surface area contributed by atoms with Crippen LogP contribution in [-0.2, 0) is 22.3 Å². The van der Waals surface area contributed by atoms with Gasteiger partial charge in [0, 0.05) is 13.0 Å². The maximum atomic E-state index is 11.5. The Morgan fingerprint density at radius 2 is 2.00 bits per heavy atom. The van der Waals surface area contributed by atoms with Gasteiger partial charge in [0.05, 0.1) is 19.4 Å². The predicted molar refractivity (Wildman–Crippen MR) is 66.7 cm³/mol. The number of carbonyl (C=O) groups is 1. The zero-order chi connectivity index (χ0) is 13.4. The first-order valence-corrected chi connectivity index (χ1v) is 6.37. The molecule has 0 aliphatic rings. The van der Waals surface area contributed by atoms with E-state index in [0.717, 1.165) is 19.4 Å². The van der Waals surface area contributed by atoms with Crippen molar-refractivity contribution < 1.29 is 18.7 Å². The molecule has 0 aliphatic heterocycles. The lowest BCUT2D eigenvalue weighted by Gasteiger charge is -1.98. The van der Waals surface area contributed by atoms with E-state index in [9.17, 15) is 4.79 Å². The van der Waals surface area contributed by atoms with Crippen LogP contribution in [0.3, 0.4) is 0 Å². The number of aryl methyl sites for hydroxylation is 1. The second kappa shape index (κ2) is 7.87. The van der Waals surface area contributed by atoms with E-state index in [1.54, 1.807) is 0 Å². The van der Waals surface area contributed by atoms with Crippen molar-refractivity contribution in [3.8, 4) is 0 Å². The van der Waals surface area contributed by atoms with Gasteiger partial charge < -0.3 is 13.9 Å². The molecule has 0 fully saturated rings. The van der Waals surface area contributed by atoms with Gasteiger partial charge in [0.15, 0.2) is 5.89 Å². The van der Waals surface area contributed by atoms with E-state index >= 15 is 0 Å². The van der Waals surface area contributed by atoms with Gasteiger partial charge in [-0.3, -0.25) is 0 Å². The van der Waals surface area contributed by atoms with E-state index in [1.807, 2.05) is 6.92 Å². The van der Waals surface area contributed by atoms with Crippen LogP contribution in [-0.4, -0.2) is 31.3 Å². The molecule has 0 saturated heterocycles. The molecule has 0 atom stereocenters. The van der Waals surface area contributed by atoms with Crippen LogP contribution < -0.4 is 0 Å². The topological polar surface area (TPSA) is 61.6 Å². The molecule has 0 saturated carbocycles. The number of oxazole rings is 1. The first kappa shape index (κ1) is 14.7. The van der Waals surface area contributed by atoms with Crippen LogP contribution in [0.4, 0.5) is 0 Å². The zero-order valence-electron chi connectivity index (χ0n) is 11.3. The Morgan fingerprint density at radius 1 is 1.22 bits per heavy atom. The highest BCUT2D eigenvalue weighted by molar-refractivity contribution is 5.87. The number of rotatable bonds is 8. The smallest absolute Gasteiger partial charge is 0.375 e. The van der Waals surface area contributed by atoms with E-state index in [0.29, 0.717) is 31.0 Å². The minimum Gasteiger partial charge on any atom is -0.463 e. The second-order valence-corrected chi connectivity index (χ2v) is 3.99. The molecule has 0 aromatic carbocycles. The van der Waals surface area contributed by atoms with E-state index in [-0.39, 0.29) is 5.76 Å². The average Bonchev–Trinajstić information content (AvgIpc) is 2.77. The molecule has 0 radical (unpaired) electrons. The Labute approximate surface area is 107 Å². The molecule has 0 unspecified atom stereocenters. The van der Waals surface area contributed by atoms with Crippen molar-refractivity contribution in [1.29, 1.82) is 0 Å². The third-order valence-electron chi connectivity index (χ3n) is 2.41. The third kappa shape index (κ3) is 4.14. The number of esters is 1. The lowest BCUT2D eigenvalue weighted by atomic mass is 10.2. The standard InChI is InChI=1S/C13H21NO4/c1-4-6-10-12(13(15)16-3)18-11(14-10)7-9-17-8-5-2/h4-9H2,1-3H3. The van der Waals surface area contributed by atoms with Gasteiger partial charge in [-0.25, -0.2) is 9.78 Å². The molecular weight excluding hydrogens is 234 g/mol. The van der Waals surface area contributed by atoms with E-state index in [4.69, 9.17) is 9.15 Å². The summed E-state index contributed by atoms with van der Waals surface area (Å²) in [6.45, 7) is 5.37. The zero-order valence-corrected chi connectivity index (χ0v) is 11.3. The summed E-state index contributed by atoms with van der Waals surface area (Å²) in [6, 6.07) is 0. The molecule has 18 heavy (non-hydrogen) atoms. The lowest BCUT2D eigenvalue weighted by Crippen LogP contribution is -2.03. The number of nitrogens with zero attached hydrogens (tertiary/aromatic N) is 1. The molecule has 102 valence electrons. The van der Waals surface area contributed by atoms with E-state index < -0.39 is 5.97 Å². The van der Waals surface area contributed by atoms with Crippen LogP contribution in [0.25, 0.3) is 0 Å². The Kier molecular flexibility index (Phi) is 6.43. The molecule has 5 nitrogen and oxygen atoms in total. The Morgan fingerprint density at radius 3 is 2.61 bits per heavy atom. The number of hydrogen-bond acceptors (Lipinski definition) is 5.